The lowest BCUT2D eigenvalue weighted by molar-refractivity contribution is -0.112. The molecule has 0 radical (unpaired) electrons. The maximum absolute atomic E-state index is 12.7. The molecule has 0 atom stereocenters. The van der Waals surface area contributed by atoms with E-state index in [1.165, 1.54) is 0 Å². The molecule has 32 heavy (non-hydrogen) atoms. The van der Waals surface area contributed by atoms with Gasteiger partial charge in [-0.3, -0.25) is 4.79 Å². The second-order valence-electron chi connectivity index (χ2n) is 8.00. The highest BCUT2D eigenvalue weighted by Gasteiger charge is 2.14. The average Bonchev–Trinajstić information content (AvgIpc) is 3.28. The highest BCUT2D eigenvalue weighted by Crippen LogP contribution is 2.21. The van der Waals surface area contributed by atoms with Crippen LogP contribution in [0.3, 0.4) is 0 Å². The second-order valence-corrected chi connectivity index (χ2v) is 8.00. The van der Waals surface area contributed by atoms with Gasteiger partial charge in [-0.2, -0.15) is 10.2 Å². The number of aromatic nitrogens is 3. The summed E-state index contributed by atoms with van der Waals surface area (Å²) >= 11 is 0. The lowest BCUT2D eigenvalue weighted by atomic mass is 10.1. The molecule has 1 N–H and O–H groups in total. The predicted molar refractivity (Wildman–Crippen MR) is 121 cm³/mol. The predicted octanol–water partition coefficient (Wildman–Crippen LogP) is 4.58. The number of rotatable bonds is 8. The lowest BCUT2D eigenvalue weighted by Crippen LogP contribution is -2.13. The number of anilines is 1. The number of benzene rings is 1. The highest BCUT2D eigenvalue weighted by atomic mass is 16.5. The van der Waals surface area contributed by atoms with Crippen LogP contribution in [0.1, 0.15) is 42.5 Å². The third kappa shape index (κ3) is 5.64. The first-order chi connectivity index (χ1) is 15.3. The topological polar surface area (TPSA) is 106 Å². The summed E-state index contributed by atoms with van der Waals surface area (Å²) in [7, 11) is 0. The van der Waals surface area contributed by atoms with Crippen LogP contribution in [0.15, 0.2) is 40.4 Å². The molecular formula is C24H27N5O3. The number of ether oxygens (including phenoxy) is 1. The molecule has 3 rings (SSSR count). The molecule has 0 aliphatic carbocycles. The van der Waals surface area contributed by atoms with Crippen molar-refractivity contribution in [1.82, 2.24) is 14.7 Å². The molecule has 1 aromatic carbocycles. The highest BCUT2D eigenvalue weighted by molar-refractivity contribution is 6.09. The van der Waals surface area contributed by atoms with E-state index in [-0.39, 0.29) is 12.2 Å². The molecule has 2 aromatic heterocycles. The van der Waals surface area contributed by atoms with Gasteiger partial charge in [-0.05, 0) is 61.7 Å². The van der Waals surface area contributed by atoms with Gasteiger partial charge in [-0.1, -0.05) is 19.0 Å². The van der Waals surface area contributed by atoms with Crippen LogP contribution < -0.4 is 10.1 Å². The van der Waals surface area contributed by atoms with Crippen molar-refractivity contribution in [2.75, 3.05) is 5.32 Å². The number of nitrogens with one attached hydrogen (secondary N) is 1. The van der Waals surface area contributed by atoms with E-state index in [4.69, 9.17) is 9.26 Å². The molecule has 0 bridgehead atoms. The largest absolute Gasteiger partial charge is 0.485 e. The van der Waals surface area contributed by atoms with Gasteiger partial charge in [0.1, 0.15) is 17.4 Å². The summed E-state index contributed by atoms with van der Waals surface area (Å²) in [6.07, 6.45) is 1.64. The summed E-state index contributed by atoms with van der Waals surface area (Å²) in [5.74, 6) is 1.57. The zero-order valence-electron chi connectivity index (χ0n) is 19.0. The van der Waals surface area contributed by atoms with E-state index in [1.54, 1.807) is 37.3 Å². The maximum atomic E-state index is 12.7. The fourth-order valence-electron chi connectivity index (χ4n) is 3.30. The van der Waals surface area contributed by atoms with Crippen molar-refractivity contribution in [3.63, 3.8) is 0 Å². The summed E-state index contributed by atoms with van der Waals surface area (Å²) in [4.78, 5) is 16.7. The average molecular weight is 434 g/mol. The van der Waals surface area contributed by atoms with Gasteiger partial charge < -0.3 is 19.1 Å². The van der Waals surface area contributed by atoms with E-state index >= 15 is 0 Å². The summed E-state index contributed by atoms with van der Waals surface area (Å²) in [6.45, 7) is 11.1. The maximum Gasteiger partial charge on any atom is 0.266 e. The van der Waals surface area contributed by atoms with Crippen LogP contribution in [-0.2, 0) is 17.9 Å². The molecule has 0 unspecified atom stereocenters. The Hall–Kier alpha value is -3.86. The minimum atomic E-state index is -0.461. The molecule has 166 valence electrons. The smallest absolute Gasteiger partial charge is 0.266 e. The van der Waals surface area contributed by atoms with Crippen molar-refractivity contribution in [3.05, 3.63) is 64.6 Å². The second kappa shape index (κ2) is 9.96. The zero-order chi connectivity index (χ0) is 23.3. The third-order valence-electron chi connectivity index (χ3n) is 4.88. The third-order valence-corrected chi connectivity index (χ3v) is 4.88. The Kier molecular flexibility index (Phi) is 7.11. The van der Waals surface area contributed by atoms with Crippen molar-refractivity contribution in [2.45, 2.75) is 47.8 Å². The number of amides is 1. The Labute approximate surface area is 187 Å². The molecule has 1 amide bonds. The van der Waals surface area contributed by atoms with E-state index in [0.29, 0.717) is 29.1 Å². The van der Waals surface area contributed by atoms with E-state index < -0.39 is 5.91 Å². The molecule has 3 aromatic rings. The molecule has 0 aliphatic rings. The Morgan fingerprint density at radius 2 is 2.00 bits per heavy atom. The Bertz CT molecular complexity index is 1160. The SMILES string of the molecule is Cc1nc(COc2ccc(NC(=O)/C(C#N)=C\c3cc(C)n(CC(C)C)c3C)cc2)no1. The zero-order valence-corrected chi connectivity index (χ0v) is 19.0. The van der Waals surface area contributed by atoms with E-state index in [1.807, 2.05) is 26.0 Å². The molecular weight excluding hydrogens is 406 g/mol. The van der Waals surface area contributed by atoms with Crippen molar-refractivity contribution in [1.29, 1.82) is 5.26 Å². The summed E-state index contributed by atoms with van der Waals surface area (Å²) in [5.41, 5.74) is 3.61. The van der Waals surface area contributed by atoms with Crippen molar-refractivity contribution >= 4 is 17.7 Å². The normalized spacial score (nSPS) is 11.5. The molecule has 0 spiro atoms. The number of hydrogen-bond donors (Lipinski definition) is 1. The van der Waals surface area contributed by atoms with Crippen LogP contribution in [0.5, 0.6) is 5.75 Å². The van der Waals surface area contributed by atoms with Gasteiger partial charge in [0.25, 0.3) is 5.91 Å². The number of carbonyl (C=O) groups excluding carboxylic acids is 1. The molecule has 0 saturated carbocycles. The quantitative estimate of drug-likeness (QED) is 0.412. The van der Waals surface area contributed by atoms with Crippen molar-refractivity contribution < 1.29 is 14.1 Å². The minimum Gasteiger partial charge on any atom is -0.485 e. The monoisotopic (exact) mass is 433 g/mol. The van der Waals surface area contributed by atoms with Crippen molar-refractivity contribution in [3.8, 4) is 11.8 Å². The van der Waals surface area contributed by atoms with E-state index in [0.717, 1.165) is 23.5 Å². The Morgan fingerprint density at radius 1 is 1.28 bits per heavy atom. The number of nitriles is 1. The van der Waals surface area contributed by atoms with Crippen LogP contribution in [0.25, 0.3) is 6.08 Å². The molecule has 0 aliphatic heterocycles. The first-order valence-corrected chi connectivity index (χ1v) is 10.4. The standard InChI is InChI=1S/C24H27N5O3/c1-15(2)13-29-16(3)10-19(17(29)4)11-20(12-25)24(30)27-21-6-8-22(9-7-21)31-14-23-26-18(5)32-28-23/h6-11,15H,13-14H2,1-5H3,(H,27,30)/b20-11-. The van der Waals surface area contributed by atoms with Crippen molar-refractivity contribution in [2.24, 2.45) is 5.92 Å². The van der Waals surface area contributed by atoms with Gasteiger partial charge in [0.05, 0.1) is 0 Å². The van der Waals surface area contributed by atoms with Gasteiger partial charge in [0.2, 0.25) is 11.7 Å². The van der Waals surface area contributed by atoms with Crippen LogP contribution in [0, 0.1) is 38.0 Å². The summed E-state index contributed by atoms with van der Waals surface area (Å²) in [5, 5.41) is 16.1. The molecule has 0 fully saturated rings. The minimum absolute atomic E-state index is 0.0441. The Balaban J connectivity index is 1.67. The van der Waals surface area contributed by atoms with Crippen LogP contribution >= 0.6 is 0 Å². The number of nitrogens with zero attached hydrogens (tertiary/aromatic N) is 4. The molecule has 0 saturated heterocycles. The van der Waals surface area contributed by atoms with E-state index in [9.17, 15) is 10.1 Å². The Morgan fingerprint density at radius 3 is 2.59 bits per heavy atom. The first-order valence-electron chi connectivity index (χ1n) is 10.4. The molecule has 8 nitrogen and oxygen atoms in total. The number of aryl methyl sites for hydroxylation is 2. The van der Waals surface area contributed by atoms with E-state index in [2.05, 4.69) is 33.9 Å². The van der Waals surface area contributed by atoms with Gasteiger partial charge in [-0.15, -0.1) is 0 Å². The van der Waals surface area contributed by atoms with Crippen LogP contribution in [-0.4, -0.2) is 20.6 Å². The fourth-order valence-corrected chi connectivity index (χ4v) is 3.30. The first kappa shape index (κ1) is 22.8. The lowest BCUT2D eigenvalue weighted by Gasteiger charge is -2.12. The molecule has 8 heteroatoms. The number of hydrogen-bond acceptors (Lipinski definition) is 6. The van der Waals surface area contributed by atoms with Crippen LogP contribution in [0.2, 0.25) is 0 Å². The number of carbonyl (C=O) groups is 1. The summed E-state index contributed by atoms with van der Waals surface area (Å²) in [6, 6.07) is 10.9. The van der Waals surface area contributed by atoms with Crippen LogP contribution in [0.4, 0.5) is 5.69 Å². The van der Waals surface area contributed by atoms with Gasteiger partial charge >= 0.3 is 0 Å². The van der Waals surface area contributed by atoms with Gasteiger partial charge in [-0.25, -0.2) is 0 Å². The summed E-state index contributed by atoms with van der Waals surface area (Å²) < 4.78 is 12.7. The van der Waals surface area contributed by atoms with Gasteiger partial charge in [0, 0.05) is 30.5 Å². The van der Waals surface area contributed by atoms with Gasteiger partial charge in [0.15, 0.2) is 6.61 Å². The molecule has 2 heterocycles. The fraction of sp³-hybridized carbons (Fsp3) is 0.333.